The first-order chi connectivity index (χ1) is 10.8. The molecule has 0 fully saturated rings. The molecule has 0 aliphatic rings. The van der Waals surface area contributed by atoms with E-state index >= 15 is 0 Å². The second-order valence-electron chi connectivity index (χ2n) is 4.72. The highest BCUT2D eigenvalue weighted by atomic mass is 16.5. The van der Waals surface area contributed by atoms with E-state index in [1.54, 1.807) is 37.6 Å². The van der Waals surface area contributed by atoms with Gasteiger partial charge in [0.05, 0.1) is 13.3 Å². The van der Waals surface area contributed by atoms with Crippen molar-refractivity contribution in [3.63, 3.8) is 0 Å². The Morgan fingerprint density at radius 2 is 2.09 bits per heavy atom. The summed E-state index contributed by atoms with van der Waals surface area (Å²) in [6, 6.07) is 14.8. The van der Waals surface area contributed by atoms with Crippen molar-refractivity contribution in [3.8, 4) is 5.75 Å². The molecular formula is C17H15N3O2. The van der Waals surface area contributed by atoms with E-state index in [0.29, 0.717) is 11.3 Å². The number of rotatable bonds is 4. The highest BCUT2D eigenvalue weighted by Crippen LogP contribution is 2.15. The van der Waals surface area contributed by atoms with Crippen molar-refractivity contribution in [3.05, 3.63) is 65.9 Å². The number of carbonyl (C=O) groups is 1. The Balaban J connectivity index is 1.72. The van der Waals surface area contributed by atoms with Crippen LogP contribution in [0, 0.1) is 0 Å². The van der Waals surface area contributed by atoms with Gasteiger partial charge in [0.25, 0.3) is 5.91 Å². The van der Waals surface area contributed by atoms with E-state index in [1.807, 2.05) is 30.5 Å². The molecule has 0 saturated carbocycles. The van der Waals surface area contributed by atoms with Crippen LogP contribution in [0.2, 0.25) is 0 Å². The number of benzene rings is 2. The third kappa shape index (κ3) is 2.83. The van der Waals surface area contributed by atoms with Crippen molar-refractivity contribution >= 4 is 23.0 Å². The molecule has 110 valence electrons. The van der Waals surface area contributed by atoms with Gasteiger partial charge >= 0.3 is 0 Å². The molecule has 5 nitrogen and oxygen atoms in total. The molecule has 3 aromatic rings. The zero-order valence-corrected chi connectivity index (χ0v) is 12.0. The lowest BCUT2D eigenvalue weighted by Gasteiger charge is -2.02. The predicted octanol–water partition coefficient (Wildman–Crippen LogP) is 2.94. The number of carbonyl (C=O) groups excluding carboxylic acids is 1. The number of fused-ring (bicyclic) bond motifs is 1. The lowest BCUT2D eigenvalue weighted by molar-refractivity contribution is 0.0955. The fraction of sp³-hybridized carbons (Fsp3) is 0.0588. The zero-order chi connectivity index (χ0) is 15.4. The summed E-state index contributed by atoms with van der Waals surface area (Å²) in [5.41, 5.74) is 4.96. The van der Waals surface area contributed by atoms with Crippen LogP contribution in [0.15, 0.2) is 59.8 Å². The van der Waals surface area contributed by atoms with Crippen molar-refractivity contribution in [1.82, 2.24) is 10.4 Å². The zero-order valence-electron chi connectivity index (χ0n) is 12.0. The van der Waals surface area contributed by atoms with Crippen LogP contribution < -0.4 is 10.2 Å². The molecule has 0 unspecified atom stereocenters. The molecule has 22 heavy (non-hydrogen) atoms. The number of aromatic amines is 1. The first-order valence-electron chi connectivity index (χ1n) is 6.81. The van der Waals surface area contributed by atoms with E-state index in [-0.39, 0.29) is 5.91 Å². The van der Waals surface area contributed by atoms with Crippen molar-refractivity contribution in [2.75, 3.05) is 7.11 Å². The number of para-hydroxylation sites is 1. The minimum Gasteiger partial charge on any atom is -0.497 e. The van der Waals surface area contributed by atoms with Gasteiger partial charge in [0.2, 0.25) is 0 Å². The fourth-order valence-electron chi connectivity index (χ4n) is 2.19. The van der Waals surface area contributed by atoms with Crippen LogP contribution in [0.4, 0.5) is 0 Å². The van der Waals surface area contributed by atoms with Crippen LogP contribution in [-0.4, -0.2) is 24.2 Å². The number of nitrogens with zero attached hydrogens (tertiary/aromatic N) is 1. The fourth-order valence-corrected chi connectivity index (χ4v) is 2.19. The van der Waals surface area contributed by atoms with Crippen LogP contribution in [0.1, 0.15) is 15.9 Å². The van der Waals surface area contributed by atoms with Gasteiger partial charge in [-0.3, -0.25) is 4.79 Å². The van der Waals surface area contributed by atoms with Crippen LogP contribution in [0.3, 0.4) is 0 Å². The van der Waals surface area contributed by atoms with Crippen LogP contribution >= 0.6 is 0 Å². The van der Waals surface area contributed by atoms with E-state index < -0.39 is 0 Å². The number of methoxy groups -OCH3 is 1. The molecule has 2 aromatic carbocycles. The molecule has 3 rings (SSSR count). The Morgan fingerprint density at radius 1 is 1.23 bits per heavy atom. The molecule has 0 bridgehead atoms. The lowest BCUT2D eigenvalue weighted by atomic mass is 10.2. The number of H-pyrrole nitrogens is 1. The van der Waals surface area contributed by atoms with Gasteiger partial charge in [0.15, 0.2) is 0 Å². The molecule has 1 aromatic heterocycles. The largest absolute Gasteiger partial charge is 0.497 e. The number of amides is 1. The molecule has 5 heteroatoms. The van der Waals surface area contributed by atoms with Crippen molar-refractivity contribution in [2.24, 2.45) is 5.10 Å². The molecule has 0 aliphatic carbocycles. The Kier molecular flexibility index (Phi) is 3.87. The second-order valence-corrected chi connectivity index (χ2v) is 4.72. The van der Waals surface area contributed by atoms with Gasteiger partial charge in [-0.1, -0.05) is 24.3 Å². The van der Waals surface area contributed by atoms with E-state index in [1.165, 1.54) is 0 Å². The molecule has 2 N–H and O–H groups in total. The SMILES string of the molecule is COc1cccc(C(=O)N/N=C\c2c[nH]c3ccccc23)c1. The van der Waals surface area contributed by atoms with Gasteiger partial charge in [-0.15, -0.1) is 0 Å². The Hall–Kier alpha value is -3.08. The standard InChI is InChI=1S/C17H15N3O2/c1-22-14-6-4-5-12(9-14)17(21)20-19-11-13-10-18-16-8-3-2-7-15(13)16/h2-11,18H,1H3,(H,20,21)/b19-11-. The number of nitrogens with one attached hydrogen (secondary N) is 2. The minimum absolute atomic E-state index is 0.282. The summed E-state index contributed by atoms with van der Waals surface area (Å²) in [6.07, 6.45) is 3.47. The Morgan fingerprint density at radius 3 is 2.95 bits per heavy atom. The van der Waals surface area contributed by atoms with Crippen LogP contribution in [-0.2, 0) is 0 Å². The topological polar surface area (TPSA) is 66.5 Å². The average Bonchev–Trinajstić information content (AvgIpc) is 2.98. The minimum atomic E-state index is -0.282. The maximum atomic E-state index is 12.0. The lowest BCUT2D eigenvalue weighted by Crippen LogP contribution is -2.17. The molecule has 1 amide bonds. The highest BCUT2D eigenvalue weighted by Gasteiger charge is 2.05. The average molecular weight is 293 g/mol. The summed E-state index contributed by atoms with van der Waals surface area (Å²) in [5, 5.41) is 5.07. The molecule has 0 atom stereocenters. The van der Waals surface area contributed by atoms with Gasteiger partial charge in [-0.05, 0) is 24.3 Å². The van der Waals surface area contributed by atoms with Crippen molar-refractivity contribution in [1.29, 1.82) is 0 Å². The van der Waals surface area contributed by atoms with Gasteiger partial charge in [0, 0.05) is 28.2 Å². The first-order valence-corrected chi connectivity index (χ1v) is 6.81. The monoisotopic (exact) mass is 293 g/mol. The van der Waals surface area contributed by atoms with Crippen molar-refractivity contribution in [2.45, 2.75) is 0 Å². The Bertz CT molecular complexity index is 837. The normalized spacial score (nSPS) is 11.0. The molecular weight excluding hydrogens is 278 g/mol. The maximum absolute atomic E-state index is 12.0. The third-order valence-corrected chi connectivity index (χ3v) is 3.32. The summed E-state index contributed by atoms with van der Waals surface area (Å²) in [5.74, 6) is 0.350. The molecule has 0 spiro atoms. The van der Waals surface area contributed by atoms with Crippen LogP contribution in [0.25, 0.3) is 10.9 Å². The number of hydrogen-bond acceptors (Lipinski definition) is 3. The summed E-state index contributed by atoms with van der Waals surface area (Å²) in [6.45, 7) is 0. The van der Waals surface area contributed by atoms with Crippen LogP contribution in [0.5, 0.6) is 5.75 Å². The molecule has 0 saturated heterocycles. The van der Waals surface area contributed by atoms with E-state index in [0.717, 1.165) is 16.5 Å². The number of hydrazone groups is 1. The van der Waals surface area contributed by atoms with E-state index in [9.17, 15) is 4.79 Å². The third-order valence-electron chi connectivity index (χ3n) is 3.32. The quantitative estimate of drug-likeness (QED) is 0.573. The predicted molar refractivity (Wildman–Crippen MR) is 86.4 cm³/mol. The smallest absolute Gasteiger partial charge is 0.271 e. The summed E-state index contributed by atoms with van der Waals surface area (Å²) >= 11 is 0. The summed E-state index contributed by atoms with van der Waals surface area (Å²) < 4.78 is 5.09. The first kappa shape index (κ1) is 13.9. The summed E-state index contributed by atoms with van der Waals surface area (Å²) in [4.78, 5) is 15.2. The van der Waals surface area contributed by atoms with Gasteiger partial charge in [-0.2, -0.15) is 5.10 Å². The highest BCUT2D eigenvalue weighted by molar-refractivity contribution is 6.00. The Labute approximate surface area is 127 Å². The number of hydrogen-bond donors (Lipinski definition) is 2. The number of aromatic nitrogens is 1. The second kappa shape index (κ2) is 6.13. The molecule has 0 aliphatic heterocycles. The maximum Gasteiger partial charge on any atom is 0.271 e. The molecule has 1 heterocycles. The van der Waals surface area contributed by atoms with Gasteiger partial charge < -0.3 is 9.72 Å². The molecule has 0 radical (unpaired) electrons. The van der Waals surface area contributed by atoms with Gasteiger partial charge in [-0.25, -0.2) is 5.43 Å². The number of ether oxygens (including phenoxy) is 1. The summed E-state index contributed by atoms with van der Waals surface area (Å²) in [7, 11) is 1.56. The van der Waals surface area contributed by atoms with E-state index in [4.69, 9.17) is 4.74 Å². The van der Waals surface area contributed by atoms with Crippen molar-refractivity contribution < 1.29 is 9.53 Å². The van der Waals surface area contributed by atoms with E-state index in [2.05, 4.69) is 15.5 Å². The van der Waals surface area contributed by atoms with Gasteiger partial charge in [0.1, 0.15) is 5.75 Å².